The molecule has 1 saturated carbocycles. The topological polar surface area (TPSA) is 144 Å². The van der Waals surface area contributed by atoms with E-state index in [0.717, 1.165) is 25.7 Å². The number of fused-ring (bicyclic) bond motifs is 1. The van der Waals surface area contributed by atoms with Crippen LogP contribution in [-0.2, 0) is 11.3 Å². The van der Waals surface area contributed by atoms with Gasteiger partial charge in [-0.1, -0.05) is 49.6 Å². The van der Waals surface area contributed by atoms with Crippen molar-refractivity contribution in [3.05, 3.63) is 70.8 Å². The zero-order valence-electron chi connectivity index (χ0n) is 23.5. The van der Waals surface area contributed by atoms with Crippen LogP contribution in [0.25, 0.3) is 33.3 Å². The number of nitrogens with one attached hydrogen (secondary N) is 1. The van der Waals surface area contributed by atoms with Crippen LogP contribution < -0.4 is 15.6 Å². The van der Waals surface area contributed by atoms with Crippen molar-refractivity contribution in [3.8, 4) is 34.0 Å². The molecular weight excluding hydrogens is 536 g/mol. The summed E-state index contributed by atoms with van der Waals surface area (Å²) in [6.45, 7) is 2.60. The number of carbonyl (C=O) groups excluding carboxylic acids is 1. The maximum atomic E-state index is 14.2. The van der Waals surface area contributed by atoms with E-state index < -0.39 is 11.9 Å². The minimum atomic E-state index is -1.06. The Kier molecular flexibility index (Phi) is 8.80. The number of ether oxygens (including phenoxy) is 1. The molecule has 1 aliphatic rings. The Morgan fingerprint density at radius 3 is 2.50 bits per heavy atom. The summed E-state index contributed by atoms with van der Waals surface area (Å²) in [6.07, 6.45) is 6.62. The Labute approximate surface area is 243 Å². The minimum Gasteiger partial charge on any atom is -0.505 e. The van der Waals surface area contributed by atoms with Crippen molar-refractivity contribution >= 4 is 22.8 Å². The molecule has 1 fully saturated rings. The van der Waals surface area contributed by atoms with Crippen LogP contribution in [0.1, 0.15) is 55.9 Å². The molecule has 1 amide bonds. The molecule has 3 N–H and O–H groups in total. The summed E-state index contributed by atoms with van der Waals surface area (Å²) in [7, 11) is 0. The van der Waals surface area contributed by atoms with Crippen molar-refractivity contribution in [2.45, 2.75) is 52.0 Å². The van der Waals surface area contributed by atoms with Crippen LogP contribution in [0.3, 0.4) is 0 Å². The molecule has 10 heteroatoms. The quantitative estimate of drug-likeness (QED) is 0.241. The van der Waals surface area contributed by atoms with Crippen LogP contribution in [0.4, 0.5) is 0 Å². The summed E-state index contributed by atoms with van der Waals surface area (Å²) >= 11 is 0. The highest BCUT2D eigenvalue weighted by molar-refractivity contribution is 6.06. The number of amides is 1. The van der Waals surface area contributed by atoms with E-state index in [4.69, 9.17) is 9.84 Å². The standard InChI is InChI=1S/C32H34N4O6/c1-2-42-25-14-13-22(18-34-25)27-29-24(30(39)28(35-27)31(40)33-16-15-26(37)38)17-23(21-11-7-4-8-12-21)32(41)36(29)19-20-9-5-3-6-10-20/h4,7-8,11-14,17-18,20,39H,2-3,5-6,9-10,15-16,19H2,1H3,(H,33,40)(H,37,38). The molecule has 42 heavy (non-hydrogen) atoms. The van der Waals surface area contributed by atoms with E-state index in [2.05, 4.69) is 15.3 Å². The first-order valence-electron chi connectivity index (χ1n) is 14.3. The van der Waals surface area contributed by atoms with Crippen LogP contribution in [0, 0.1) is 5.92 Å². The number of hydrogen-bond acceptors (Lipinski definition) is 7. The van der Waals surface area contributed by atoms with E-state index in [0.29, 0.717) is 52.3 Å². The van der Waals surface area contributed by atoms with Gasteiger partial charge in [0.1, 0.15) is 0 Å². The molecule has 0 atom stereocenters. The molecular formula is C32H34N4O6. The lowest BCUT2D eigenvalue weighted by Crippen LogP contribution is -2.29. The van der Waals surface area contributed by atoms with Gasteiger partial charge in [0.15, 0.2) is 11.4 Å². The van der Waals surface area contributed by atoms with Crippen LogP contribution in [0.5, 0.6) is 11.6 Å². The molecule has 3 heterocycles. The average molecular weight is 571 g/mol. The normalized spacial score (nSPS) is 13.6. The van der Waals surface area contributed by atoms with Crippen LogP contribution >= 0.6 is 0 Å². The molecule has 0 unspecified atom stereocenters. The zero-order chi connectivity index (χ0) is 29.6. The summed E-state index contributed by atoms with van der Waals surface area (Å²) in [5.41, 5.74) is 1.87. The Morgan fingerprint density at radius 1 is 1.07 bits per heavy atom. The fourth-order valence-electron chi connectivity index (χ4n) is 5.55. The molecule has 0 spiro atoms. The number of carboxylic acids is 1. The second-order valence-corrected chi connectivity index (χ2v) is 10.5. The molecule has 3 aromatic heterocycles. The highest BCUT2D eigenvalue weighted by Gasteiger charge is 2.26. The number of aliphatic carboxylic acids is 1. The van der Waals surface area contributed by atoms with E-state index in [1.54, 1.807) is 29.0 Å². The van der Waals surface area contributed by atoms with Crippen LogP contribution in [-0.4, -0.2) is 49.8 Å². The number of rotatable bonds is 10. The highest BCUT2D eigenvalue weighted by atomic mass is 16.5. The van der Waals surface area contributed by atoms with Gasteiger partial charge in [-0.05, 0) is 43.4 Å². The number of aromatic hydroxyl groups is 1. The maximum Gasteiger partial charge on any atom is 0.305 e. The predicted molar refractivity (Wildman–Crippen MR) is 159 cm³/mol. The largest absolute Gasteiger partial charge is 0.505 e. The molecule has 0 radical (unpaired) electrons. The predicted octanol–water partition coefficient (Wildman–Crippen LogP) is 5.01. The van der Waals surface area contributed by atoms with Crippen molar-refractivity contribution in [3.63, 3.8) is 0 Å². The molecule has 1 aromatic carbocycles. The lowest BCUT2D eigenvalue weighted by Gasteiger charge is -2.25. The van der Waals surface area contributed by atoms with Gasteiger partial charge in [0.05, 0.1) is 24.2 Å². The van der Waals surface area contributed by atoms with Gasteiger partial charge in [-0.3, -0.25) is 14.4 Å². The van der Waals surface area contributed by atoms with Gasteiger partial charge < -0.3 is 24.8 Å². The lowest BCUT2D eigenvalue weighted by atomic mass is 9.89. The van der Waals surface area contributed by atoms with Gasteiger partial charge in [-0.25, -0.2) is 9.97 Å². The molecule has 0 aliphatic heterocycles. The average Bonchev–Trinajstić information content (AvgIpc) is 3.00. The van der Waals surface area contributed by atoms with Gasteiger partial charge in [0.25, 0.3) is 11.5 Å². The fraction of sp³-hybridized carbons (Fsp3) is 0.344. The van der Waals surface area contributed by atoms with Crippen molar-refractivity contribution in [2.75, 3.05) is 13.2 Å². The third kappa shape index (κ3) is 6.12. The number of hydrogen-bond donors (Lipinski definition) is 3. The Morgan fingerprint density at radius 2 is 1.83 bits per heavy atom. The van der Waals surface area contributed by atoms with Gasteiger partial charge in [-0.2, -0.15) is 0 Å². The molecule has 10 nitrogen and oxygen atoms in total. The zero-order valence-corrected chi connectivity index (χ0v) is 23.5. The van der Waals surface area contributed by atoms with Gasteiger partial charge in [-0.15, -0.1) is 0 Å². The van der Waals surface area contributed by atoms with Crippen molar-refractivity contribution in [2.24, 2.45) is 5.92 Å². The molecule has 0 saturated heterocycles. The summed E-state index contributed by atoms with van der Waals surface area (Å²) in [4.78, 5) is 47.4. The van der Waals surface area contributed by atoms with Crippen LogP contribution in [0.15, 0.2) is 59.5 Å². The maximum absolute atomic E-state index is 14.2. The first kappa shape index (κ1) is 28.8. The third-order valence-corrected chi connectivity index (χ3v) is 7.61. The minimum absolute atomic E-state index is 0.135. The van der Waals surface area contributed by atoms with E-state index in [1.807, 2.05) is 37.3 Å². The number of nitrogens with zero attached hydrogens (tertiary/aromatic N) is 3. The first-order valence-corrected chi connectivity index (χ1v) is 14.3. The summed E-state index contributed by atoms with van der Waals surface area (Å²) in [5.74, 6) is -1.47. The van der Waals surface area contributed by atoms with Crippen molar-refractivity contribution < 1.29 is 24.5 Å². The van der Waals surface area contributed by atoms with Crippen molar-refractivity contribution in [1.29, 1.82) is 0 Å². The summed E-state index contributed by atoms with van der Waals surface area (Å²) in [5, 5.41) is 23.4. The highest BCUT2D eigenvalue weighted by Crippen LogP contribution is 2.37. The number of pyridine rings is 3. The van der Waals surface area contributed by atoms with Crippen molar-refractivity contribution in [1.82, 2.24) is 19.9 Å². The Balaban J connectivity index is 1.77. The van der Waals surface area contributed by atoms with E-state index >= 15 is 0 Å². The van der Waals surface area contributed by atoms with Gasteiger partial charge in [0, 0.05) is 41.9 Å². The monoisotopic (exact) mass is 570 g/mol. The van der Waals surface area contributed by atoms with E-state index in [-0.39, 0.29) is 35.9 Å². The second kappa shape index (κ2) is 12.8. The lowest BCUT2D eigenvalue weighted by molar-refractivity contribution is -0.136. The molecule has 4 aromatic rings. The SMILES string of the molecule is CCOc1ccc(-c2nc(C(=O)NCCC(=O)O)c(O)c3cc(-c4ccccc4)c(=O)n(CC4CCCCC4)c23)cn1. The van der Waals surface area contributed by atoms with E-state index in [9.17, 15) is 19.5 Å². The van der Waals surface area contributed by atoms with Gasteiger partial charge in [0.2, 0.25) is 5.88 Å². The molecule has 218 valence electrons. The Bertz CT molecular complexity index is 1640. The number of benzene rings is 1. The smallest absolute Gasteiger partial charge is 0.305 e. The van der Waals surface area contributed by atoms with E-state index in [1.165, 1.54) is 6.42 Å². The second-order valence-electron chi connectivity index (χ2n) is 10.5. The summed E-state index contributed by atoms with van der Waals surface area (Å²) in [6, 6.07) is 14.3. The Hall–Kier alpha value is -4.73. The molecule has 0 bridgehead atoms. The third-order valence-electron chi connectivity index (χ3n) is 7.61. The van der Waals surface area contributed by atoms with Gasteiger partial charge >= 0.3 is 5.97 Å². The number of carbonyl (C=O) groups is 2. The number of carboxylic acid groups (broad SMARTS) is 1. The van der Waals surface area contributed by atoms with Crippen LogP contribution in [0.2, 0.25) is 0 Å². The molecule has 1 aliphatic carbocycles. The fourth-order valence-corrected chi connectivity index (χ4v) is 5.55. The number of aromatic nitrogens is 3. The first-order chi connectivity index (χ1) is 20.4. The molecule has 5 rings (SSSR count). The summed E-state index contributed by atoms with van der Waals surface area (Å²) < 4.78 is 7.19.